The molecule has 1 amide bonds. The van der Waals surface area contributed by atoms with Gasteiger partial charge in [0.05, 0.1) is 10.7 Å². The summed E-state index contributed by atoms with van der Waals surface area (Å²) >= 11 is 6.07. The van der Waals surface area contributed by atoms with E-state index in [-0.39, 0.29) is 18.0 Å². The Morgan fingerprint density at radius 1 is 1.24 bits per heavy atom. The molecule has 132 valence electrons. The van der Waals surface area contributed by atoms with Crippen LogP contribution in [0.1, 0.15) is 25.0 Å². The number of nitrogens with one attached hydrogen (secondary N) is 1. The molecule has 7 heteroatoms. The standard InChI is InChI=1S/C18H21ClN4O2/c1-13-11-17(25)23(18(20-13)22-9-5-2-6-10-22)12-16(24)21-15-8-4-3-7-14(15)19/h3-4,7-8,11H,2,5-6,9-10,12H2,1H3,(H,21,24). The van der Waals surface area contributed by atoms with Crippen LogP contribution in [0.15, 0.2) is 35.1 Å². The van der Waals surface area contributed by atoms with Gasteiger partial charge in [0.1, 0.15) is 6.54 Å². The summed E-state index contributed by atoms with van der Waals surface area (Å²) < 4.78 is 1.44. The SMILES string of the molecule is Cc1cc(=O)n(CC(=O)Nc2ccccc2Cl)c(N2CCCCC2)n1. The van der Waals surface area contributed by atoms with Crippen LogP contribution in [-0.4, -0.2) is 28.5 Å². The first kappa shape index (κ1) is 17.5. The van der Waals surface area contributed by atoms with Crippen LogP contribution in [0.4, 0.5) is 11.6 Å². The molecular weight excluding hydrogens is 340 g/mol. The van der Waals surface area contributed by atoms with Gasteiger partial charge in [0.2, 0.25) is 11.9 Å². The lowest BCUT2D eigenvalue weighted by molar-refractivity contribution is -0.116. The minimum absolute atomic E-state index is 0.0941. The van der Waals surface area contributed by atoms with Gasteiger partial charge in [-0.3, -0.25) is 14.2 Å². The van der Waals surface area contributed by atoms with Gasteiger partial charge >= 0.3 is 0 Å². The average Bonchev–Trinajstić information content (AvgIpc) is 2.60. The molecule has 25 heavy (non-hydrogen) atoms. The molecule has 2 aromatic rings. The van der Waals surface area contributed by atoms with Crippen molar-refractivity contribution in [1.82, 2.24) is 9.55 Å². The molecule has 1 aromatic carbocycles. The van der Waals surface area contributed by atoms with Crippen LogP contribution in [0.5, 0.6) is 0 Å². The predicted molar refractivity (Wildman–Crippen MR) is 99.4 cm³/mol. The number of carbonyl (C=O) groups is 1. The largest absolute Gasteiger partial charge is 0.342 e. The van der Waals surface area contributed by atoms with Gasteiger partial charge in [-0.15, -0.1) is 0 Å². The van der Waals surface area contributed by atoms with Crippen LogP contribution in [0.2, 0.25) is 5.02 Å². The molecule has 1 aliphatic rings. The fraction of sp³-hybridized carbons (Fsp3) is 0.389. The Morgan fingerprint density at radius 2 is 1.96 bits per heavy atom. The normalized spacial score (nSPS) is 14.4. The molecule has 0 saturated carbocycles. The molecule has 2 heterocycles. The number of rotatable bonds is 4. The van der Waals surface area contributed by atoms with Gasteiger partial charge in [-0.2, -0.15) is 0 Å². The summed E-state index contributed by atoms with van der Waals surface area (Å²) in [6.45, 7) is 3.40. The first-order chi connectivity index (χ1) is 12.0. The molecule has 0 atom stereocenters. The molecule has 0 bridgehead atoms. The van der Waals surface area contributed by atoms with Crippen molar-refractivity contribution in [2.45, 2.75) is 32.7 Å². The summed E-state index contributed by atoms with van der Waals surface area (Å²) in [5.74, 6) is 0.262. The van der Waals surface area contributed by atoms with E-state index in [1.54, 1.807) is 31.2 Å². The number of piperidine rings is 1. The van der Waals surface area contributed by atoms with Crippen LogP contribution >= 0.6 is 11.6 Å². The lowest BCUT2D eigenvalue weighted by atomic mass is 10.1. The highest BCUT2D eigenvalue weighted by molar-refractivity contribution is 6.33. The third-order valence-corrected chi connectivity index (χ3v) is 4.53. The topological polar surface area (TPSA) is 67.2 Å². The van der Waals surface area contributed by atoms with Crippen molar-refractivity contribution in [2.75, 3.05) is 23.3 Å². The van der Waals surface area contributed by atoms with E-state index in [0.29, 0.717) is 22.4 Å². The van der Waals surface area contributed by atoms with Gasteiger partial charge in [0.25, 0.3) is 5.56 Å². The van der Waals surface area contributed by atoms with E-state index in [9.17, 15) is 9.59 Å². The van der Waals surface area contributed by atoms with Crippen LogP contribution < -0.4 is 15.8 Å². The second-order valence-electron chi connectivity index (χ2n) is 6.20. The number of benzene rings is 1. The highest BCUT2D eigenvalue weighted by atomic mass is 35.5. The minimum atomic E-state index is -0.306. The number of halogens is 1. The molecule has 6 nitrogen and oxygen atoms in total. The Balaban J connectivity index is 1.85. The lowest BCUT2D eigenvalue weighted by Crippen LogP contribution is -2.38. The van der Waals surface area contributed by atoms with E-state index in [2.05, 4.69) is 15.2 Å². The maximum Gasteiger partial charge on any atom is 0.255 e. The van der Waals surface area contributed by atoms with Crippen molar-refractivity contribution in [1.29, 1.82) is 0 Å². The summed E-state index contributed by atoms with van der Waals surface area (Å²) in [5.41, 5.74) is 0.970. The van der Waals surface area contributed by atoms with Crippen LogP contribution in [0.3, 0.4) is 0 Å². The van der Waals surface area contributed by atoms with E-state index < -0.39 is 0 Å². The zero-order valence-corrected chi connectivity index (χ0v) is 14.9. The Morgan fingerprint density at radius 3 is 2.68 bits per heavy atom. The van der Waals surface area contributed by atoms with Gasteiger partial charge in [0.15, 0.2) is 0 Å². The van der Waals surface area contributed by atoms with Crippen molar-refractivity contribution >= 4 is 29.1 Å². The molecule has 0 radical (unpaired) electrons. The van der Waals surface area contributed by atoms with Crippen molar-refractivity contribution in [3.63, 3.8) is 0 Å². The Bertz CT molecular complexity index is 828. The average molecular weight is 361 g/mol. The van der Waals surface area contributed by atoms with Crippen molar-refractivity contribution in [3.05, 3.63) is 51.4 Å². The number of hydrogen-bond donors (Lipinski definition) is 1. The molecule has 1 N–H and O–H groups in total. The van der Waals surface area contributed by atoms with E-state index >= 15 is 0 Å². The number of para-hydroxylation sites is 1. The van der Waals surface area contributed by atoms with Gasteiger partial charge < -0.3 is 10.2 Å². The Labute approximate surface area is 151 Å². The highest BCUT2D eigenvalue weighted by Gasteiger charge is 2.19. The number of nitrogens with zero attached hydrogens (tertiary/aromatic N) is 3. The van der Waals surface area contributed by atoms with Crippen molar-refractivity contribution in [2.24, 2.45) is 0 Å². The molecule has 0 spiro atoms. The number of hydrogen-bond acceptors (Lipinski definition) is 4. The predicted octanol–water partition coefficient (Wildman–Crippen LogP) is 2.83. The monoisotopic (exact) mass is 360 g/mol. The first-order valence-corrected chi connectivity index (χ1v) is 8.80. The van der Waals surface area contributed by atoms with Gasteiger partial charge in [-0.05, 0) is 38.3 Å². The third-order valence-electron chi connectivity index (χ3n) is 4.20. The van der Waals surface area contributed by atoms with Gasteiger partial charge in [-0.25, -0.2) is 4.98 Å². The highest BCUT2D eigenvalue weighted by Crippen LogP contribution is 2.21. The number of amides is 1. The summed E-state index contributed by atoms with van der Waals surface area (Å²) in [4.78, 5) is 31.5. The second-order valence-corrected chi connectivity index (χ2v) is 6.60. The smallest absolute Gasteiger partial charge is 0.255 e. The fourth-order valence-electron chi connectivity index (χ4n) is 2.99. The van der Waals surface area contributed by atoms with E-state index in [0.717, 1.165) is 25.9 Å². The summed E-state index contributed by atoms with van der Waals surface area (Å²) in [6.07, 6.45) is 3.31. The van der Waals surface area contributed by atoms with Crippen molar-refractivity contribution in [3.8, 4) is 0 Å². The molecule has 0 aliphatic carbocycles. The molecule has 1 aliphatic heterocycles. The maximum absolute atomic E-state index is 12.4. The summed E-state index contributed by atoms with van der Waals surface area (Å²) in [5, 5.41) is 3.21. The zero-order chi connectivity index (χ0) is 17.8. The zero-order valence-electron chi connectivity index (χ0n) is 14.2. The Hall–Kier alpha value is -2.34. The van der Waals surface area contributed by atoms with E-state index in [1.807, 2.05) is 0 Å². The van der Waals surface area contributed by atoms with E-state index in [1.165, 1.54) is 17.1 Å². The van der Waals surface area contributed by atoms with Gasteiger partial charge in [-0.1, -0.05) is 23.7 Å². The quantitative estimate of drug-likeness (QED) is 0.910. The van der Waals surface area contributed by atoms with E-state index in [4.69, 9.17) is 11.6 Å². The third kappa shape index (κ3) is 4.20. The van der Waals surface area contributed by atoms with Gasteiger partial charge in [0, 0.05) is 24.8 Å². The maximum atomic E-state index is 12.4. The van der Waals surface area contributed by atoms with Crippen LogP contribution in [0, 0.1) is 6.92 Å². The number of aromatic nitrogens is 2. The Kier molecular flexibility index (Phi) is 5.38. The summed E-state index contributed by atoms with van der Waals surface area (Å²) in [6, 6.07) is 8.47. The van der Waals surface area contributed by atoms with Crippen molar-refractivity contribution < 1.29 is 4.79 Å². The number of carbonyl (C=O) groups excluding carboxylic acids is 1. The second kappa shape index (κ2) is 7.70. The molecule has 1 fully saturated rings. The molecular formula is C18H21ClN4O2. The summed E-state index contributed by atoms with van der Waals surface area (Å²) in [7, 11) is 0. The van der Waals surface area contributed by atoms with Crippen LogP contribution in [-0.2, 0) is 11.3 Å². The first-order valence-electron chi connectivity index (χ1n) is 8.42. The molecule has 1 saturated heterocycles. The fourth-order valence-corrected chi connectivity index (χ4v) is 3.17. The minimum Gasteiger partial charge on any atom is -0.342 e. The molecule has 0 unspecified atom stereocenters. The van der Waals surface area contributed by atoms with Crippen LogP contribution in [0.25, 0.3) is 0 Å². The number of aryl methyl sites for hydroxylation is 1. The number of anilines is 2. The molecule has 1 aromatic heterocycles. The lowest BCUT2D eigenvalue weighted by Gasteiger charge is -2.29. The molecule has 3 rings (SSSR count).